The zero-order valence-corrected chi connectivity index (χ0v) is 12.0. The Labute approximate surface area is 120 Å². The van der Waals surface area contributed by atoms with E-state index in [1.165, 1.54) is 6.42 Å². The van der Waals surface area contributed by atoms with Crippen LogP contribution < -0.4 is 10.2 Å². The third-order valence-corrected chi connectivity index (χ3v) is 4.42. The number of piperazine rings is 1. The number of aryl methyl sites for hydroxylation is 1. The second-order valence-corrected chi connectivity index (χ2v) is 5.61. The first kappa shape index (κ1) is 13.3. The van der Waals surface area contributed by atoms with E-state index in [9.17, 15) is 5.26 Å². The molecule has 2 fully saturated rings. The summed E-state index contributed by atoms with van der Waals surface area (Å²) < 4.78 is 0. The molecule has 5 nitrogen and oxygen atoms in total. The van der Waals surface area contributed by atoms with Gasteiger partial charge in [0.2, 0.25) is 0 Å². The van der Waals surface area contributed by atoms with E-state index in [-0.39, 0.29) is 0 Å². The lowest BCUT2D eigenvalue weighted by Gasteiger charge is -2.38. The van der Waals surface area contributed by atoms with Crippen LogP contribution in [0.1, 0.15) is 17.5 Å². The Kier molecular flexibility index (Phi) is 3.86. The van der Waals surface area contributed by atoms with Gasteiger partial charge in [-0.05, 0) is 31.5 Å². The average molecular weight is 271 g/mol. The minimum atomic E-state index is 0.693. The van der Waals surface area contributed by atoms with E-state index in [1.807, 2.05) is 13.0 Å². The lowest BCUT2D eigenvalue weighted by atomic mass is 10.1. The second-order valence-electron chi connectivity index (χ2n) is 5.61. The van der Waals surface area contributed by atoms with Gasteiger partial charge in [-0.25, -0.2) is 4.98 Å². The van der Waals surface area contributed by atoms with Crippen molar-refractivity contribution >= 4 is 5.82 Å². The lowest BCUT2D eigenvalue weighted by Crippen LogP contribution is -2.51. The number of rotatable bonds is 2. The van der Waals surface area contributed by atoms with Crippen LogP contribution in [0.4, 0.5) is 5.82 Å². The summed E-state index contributed by atoms with van der Waals surface area (Å²) in [6.07, 6.45) is 3.06. The Morgan fingerprint density at radius 2 is 2.15 bits per heavy atom. The molecule has 20 heavy (non-hydrogen) atoms. The molecule has 2 saturated heterocycles. The smallest absolute Gasteiger partial charge is 0.146 e. The maximum Gasteiger partial charge on any atom is 0.146 e. The van der Waals surface area contributed by atoms with Gasteiger partial charge in [0, 0.05) is 45.0 Å². The van der Waals surface area contributed by atoms with Crippen molar-refractivity contribution in [3.05, 3.63) is 23.4 Å². The highest BCUT2D eigenvalue weighted by Crippen LogP contribution is 2.22. The molecule has 1 unspecified atom stereocenters. The molecule has 2 aliphatic heterocycles. The van der Waals surface area contributed by atoms with Gasteiger partial charge in [0.15, 0.2) is 0 Å². The van der Waals surface area contributed by atoms with Crippen molar-refractivity contribution in [3.8, 4) is 6.07 Å². The molecule has 0 saturated carbocycles. The van der Waals surface area contributed by atoms with E-state index in [0.29, 0.717) is 6.04 Å². The Morgan fingerprint density at radius 3 is 2.80 bits per heavy atom. The summed E-state index contributed by atoms with van der Waals surface area (Å²) in [6, 6.07) is 4.90. The number of pyridine rings is 1. The van der Waals surface area contributed by atoms with Gasteiger partial charge >= 0.3 is 0 Å². The summed E-state index contributed by atoms with van der Waals surface area (Å²) in [5.41, 5.74) is 1.74. The second kappa shape index (κ2) is 5.78. The van der Waals surface area contributed by atoms with Crippen molar-refractivity contribution in [3.63, 3.8) is 0 Å². The molecule has 3 rings (SSSR count). The predicted molar refractivity (Wildman–Crippen MR) is 78.7 cm³/mol. The molecule has 0 amide bonds. The van der Waals surface area contributed by atoms with Gasteiger partial charge in [-0.3, -0.25) is 4.90 Å². The van der Waals surface area contributed by atoms with Gasteiger partial charge in [-0.1, -0.05) is 0 Å². The molecule has 106 valence electrons. The molecule has 0 bridgehead atoms. The molecule has 1 atom stereocenters. The fourth-order valence-corrected chi connectivity index (χ4v) is 3.17. The Balaban J connectivity index is 1.69. The summed E-state index contributed by atoms with van der Waals surface area (Å²) in [4.78, 5) is 9.25. The number of hydrogen-bond donors (Lipinski definition) is 1. The molecular weight excluding hydrogens is 250 g/mol. The first-order chi connectivity index (χ1) is 9.79. The molecule has 1 aromatic rings. The average Bonchev–Trinajstić information content (AvgIpc) is 3.01. The maximum absolute atomic E-state index is 9.32. The third kappa shape index (κ3) is 2.49. The molecule has 0 radical (unpaired) electrons. The predicted octanol–water partition coefficient (Wildman–Crippen LogP) is 0.746. The minimum Gasteiger partial charge on any atom is -0.353 e. The van der Waals surface area contributed by atoms with Crippen LogP contribution in [0.15, 0.2) is 12.3 Å². The van der Waals surface area contributed by atoms with Gasteiger partial charge in [0.25, 0.3) is 0 Å². The standard InChI is InChI=1S/C15H21N5/c1-12-2-5-18-15(14(12)10-16)20-8-6-19(7-9-20)13-3-4-17-11-13/h2,5,13,17H,3-4,6-9,11H2,1H3. The molecule has 0 aliphatic carbocycles. The summed E-state index contributed by atoms with van der Waals surface area (Å²) in [6.45, 7) is 8.28. The molecule has 3 heterocycles. The van der Waals surface area contributed by atoms with E-state index < -0.39 is 0 Å². The van der Waals surface area contributed by atoms with Gasteiger partial charge in [0.05, 0.1) is 5.56 Å². The molecule has 1 N–H and O–H groups in total. The number of nitrogens with zero attached hydrogens (tertiary/aromatic N) is 4. The van der Waals surface area contributed by atoms with Gasteiger partial charge in [-0.2, -0.15) is 5.26 Å². The molecule has 0 spiro atoms. The SMILES string of the molecule is Cc1ccnc(N2CCN(C3CCNC3)CC2)c1C#N. The van der Waals surface area contributed by atoms with Crippen molar-refractivity contribution in [2.75, 3.05) is 44.2 Å². The monoisotopic (exact) mass is 271 g/mol. The van der Waals surface area contributed by atoms with Crippen molar-refractivity contribution < 1.29 is 0 Å². The zero-order chi connectivity index (χ0) is 13.9. The van der Waals surface area contributed by atoms with E-state index in [0.717, 1.165) is 56.2 Å². The first-order valence-corrected chi connectivity index (χ1v) is 7.35. The Bertz CT molecular complexity index is 507. The third-order valence-electron chi connectivity index (χ3n) is 4.42. The molecule has 1 aromatic heterocycles. The Hall–Kier alpha value is -1.64. The van der Waals surface area contributed by atoms with Crippen LogP contribution in [0.25, 0.3) is 0 Å². The minimum absolute atomic E-state index is 0.693. The van der Waals surface area contributed by atoms with E-state index in [1.54, 1.807) is 6.20 Å². The topological polar surface area (TPSA) is 55.2 Å². The summed E-state index contributed by atoms with van der Waals surface area (Å²) in [5, 5.41) is 12.7. The highest BCUT2D eigenvalue weighted by molar-refractivity contribution is 5.57. The largest absolute Gasteiger partial charge is 0.353 e. The van der Waals surface area contributed by atoms with Crippen LogP contribution in [-0.4, -0.2) is 55.2 Å². The number of aromatic nitrogens is 1. The van der Waals surface area contributed by atoms with Crippen molar-refractivity contribution in [1.82, 2.24) is 15.2 Å². The summed E-state index contributed by atoms with van der Waals surface area (Å²) >= 11 is 0. The Morgan fingerprint density at radius 1 is 1.35 bits per heavy atom. The summed E-state index contributed by atoms with van der Waals surface area (Å²) in [5.74, 6) is 0.858. The highest BCUT2D eigenvalue weighted by atomic mass is 15.3. The van der Waals surface area contributed by atoms with Crippen LogP contribution in [0, 0.1) is 18.3 Å². The lowest BCUT2D eigenvalue weighted by molar-refractivity contribution is 0.196. The van der Waals surface area contributed by atoms with Gasteiger partial charge in [-0.15, -0.1) is 0 Å². The van der Waals surface area contributed by atoms with Crippen molar-refractivity contribution in [2.24, 2.45) is 0 Å². The summed E-state index contributed by atoms with van der Waals surface area (Å²) in [7, 11) is 0. The normalized spacial score (nSPS) is 23.8. The van der Waals surface area contributed by atoms with Crippen LogP contribution >= 0.6 is 0 Å². The van der Waals surface area contributed by atoms with Crippen molar-refractivity contribution in [2.45, 2.75) is 19.4 Å². The number of anilines is 1. The van der Waals surface area contributed by atoms with E-state index >= 15 is 0 Å². The van der Waals surface area contributed by atoms with Gasteiger partial charge in [0.1, 0.15) is 11.9 Å². The first-order valence-electron chi connectivity index (χ1n) is 7.35. The van der Waals surface area contributed by atoms with Crippen LogP contribution in [0.2, 0.25) is 0 Å². The van der Waals surface area contributed by atoms with E-state index in [2.05, 4.69) is 26.2 Å². The maximum atomic E-state index is 9.32. The number of nitrogens with one attached hydrogen (secondary N) is 1. The quantitative estimate of drug-likeness (QED) is 0.860. The number of hydrogen-bond acceptors (Lipinski definition) is 5. The zero-order valence-electron chi connectivity index (χ0n) is 12.0. The van der Waals surface area contributed by atoms with Crippen LogP contribution in [0.3, 0.4) is 0 Å². The fraction of sp³-hybridized carbons (Fsp3) is 0.600. The van der Waals surface area contributed by atoms with Crippen LogP contribution in [0.5, 0.6) is 0 Å². The van der Waals surface area contributed by atoms with Crippen molar-refractivity contribution in [1.29, 1.82) is 5.26 Å². The molecule has 5 heteroatoms. The fourth-order valence-electron chi connectivity index (χ4n) is 3.17. The van der Waals surface area contributed by atoms with Gasteiger partial charge < -0.3 is 10.2 Å². The van der Waals surface area contributed by atoms with Crippen LogP contribution in [-0.2, 0) is 0 Å². The highest BCUT2D eigenvalue weighted by Gasteiger charge is 2.27. The van der Waals surface area contributed by atoms with E-state index in [4.69, 9.17) is 0 Å². The number of nitriles is 1. The molecule has 0 aromatic carbocycles. The molecule has 2 aliphatic rings. The molecular formula is C15H21N5.